The highest BCUT2D eigenvalue weighted by molar-refractivity contribution is 5.78. The van der Waals surface area contributed by atoms with Gasteiger partial charge in [0.2, 0.25) is 0 Å². The summed E-state index contributed by atoms with van der Waals surface area (Å²) in [6.45, 7) is 3.04. The molecular formula is C29H25F3N10O3. The maximum absolute atomic E-state index is 10.6. The van der Waals surface area contributed by atoms with Crippen molar-refractivity contribution < 1.29 is 27.8 Å². The number of aliphatic carboxylic acids is 1. The molecule has 6 heterocycles. The number of rotatable bonds is 6. The lowest BCUT2D eigenvalue weighted by Crippen LogP contribution is -2.36. The third-order valence-corrected chi connectivity index (χ3v) is 7.06. The Morgan fingerprint density at radius 3 is 2.51 bits per heavy atom. The number of morpholine rings is 1. The number of H-pyrrole nitrogens is 1. The average molecular weight is 619 g/mol. The molecule has 6 aromatic rings. The van der Waals surface area contributed by atoms with E-state index in [9.17, 15) is 13.2 Å². The van der Waals surface area contributed by atoms with E-state index in [1.165, 1.54) is 0 Å². The van der Waals surface area contributed by atoms with Crippen LogP contribution >= 0.6 is 0 Å². The largest absolute Gasteiger partial charge is 0.490 e. The number of tetrazole rings is 1. The Balaban J connectivity index is 0.000000460. The number of aromatic amines is 1. The number of anilines is 1. The fraction of sp³-hybridized carbons (Fsp3) is 0.241. The van der Waals surface area contributed by atoms with Gasteiger partial charge in [-0.1, -0.05) is 24.3 Å². The van der Waals surface area contributed by atoms with Crippen LogP contribution in [0.2, 0.25) is 0 Å². The summed E-state index contributed by atoms with van der Waals surface area (Å²) in [5.41, 5.74) is 7.36. The summed E-state index contributed by atoms with van der Waals surface area (Å²) in [6.07, 6.45) is 0.0337. The quantitative estimate of drug-likeness (QED) is 0.280. The first kappa shape index (κ1) is 29.6. The van der Waals surface area contributed by atoms with Gasteiger partial charge in [-0.15, -0.1) is 5.10 Å². The van der Waals surface area contributed by atoms with Crippen molar-refractivity contribution in [2.24, 2.45) is 0 Å². The maximum atomic E-state index is 10.6. The number of aromatic nitrogens is 9. The molecule has 0 amide bonds. The number of ether oxygens (including phenoxy) is 1. The monoisotopic (exact) mass is 618 g/mol. The molecule has 45 heavy (non-hydrogen) atoms. The van der Waals surface area contributed by atoms with Gasteiger partial charge in [-0.05, 0) is 53.6 Å². The van der Waals surface area contributed by atoms with Crippen LogP contribution in [0.1, 0.15) is 11.4 Å². The zero-order valence-electron chi connectivity index (χ0n) is 23.5. The maximum Gasteiger partial charge on any atom is 0.490 e. The van der Waals surface area contributed by atoms with Crippen LogP contribution < -0.4 is 4.90 Å². The normalized spacial score (nSPS) is 13.5. The van der Waals surface area contributed by atoms with Crippen molar-refractivity contribution in [1.82, 2.24) is 45.2 Å². The lowest BCUT2D eigenvalue weighted by Gasteiger charge is -2.28. The minimum Gasteiger partial charge on any atom is -0.475 e. The van der Waals surface area contributed by atoms with Crippen molar-refractivity contribution in [1.29, 1.82) is 0 Å². The van der Waals surface area contributed by atoms with Crippen molar-refractivity contribution in [3.05, 3.63) is 78.4 Å². The Kier molecular flexibility index (Phi) is 8.28. The van der Waals surface area contributed by atoms with Crippen LogP contribution in [-0.4, -0.2) is 88.7 Å². The van der Waals surface area contributed by atoms with Crippen molar-refractivity contribution in [2.75, 3.05) is 31.2 Å². The molecule has 0 spiro atoms. The van der Waals surface area contributed by atoms with Gasteiger partial charge in [0, 0.05) is 35.9 Å². The molecule has 0 unspecified atom stereocenters. The van der Waals surface area contributed by atoms with Crippen LogP contribution in [0.25, 0.3) is 39.3 Å². The number of aryl methyl sites for hydroxylation is 2. The van der Waals surface area contributed by atoms with Crippen LogP contribution in [0, 0.1) is 0 Å². The summed E-state index contributed by atoms with van der Waals surface area (Å²) in [4.78, 5) is 25.8. The topological polar surface area (TPSA) is 160 Å². The van der Waals surface area contributed by atoms with Crippen molar-refractivity contribution in [3.63, 3.8) is 0 Å². The second-order valence-electron chi connectivity index (χ2n) is 9.94. The highest BCUT2D eigenvalue weighted by Gasteiger charge is 2.38. The Hall–Kier alpha value is -5.51. The van der Waals surface area contributed by atoms with Crippen molar-refractivity contribution in [3.8, 4) is 22.8 Å². The van der Waals surface area contributed by atoms with Crippen molar-refractivity contribution in [2.45, 2.75) is 19.0 Å². The minimum absolute atomic E-state index is 0.519. The molecule has 1 fully saturated rings. The molecule has 0 radical (unpaired) electrons. The molecule has 13 nitrogen and oxygen atoms in total. The number of carbonyl (C=O) groups is 1. The molecule has 0 atom stereocenters. The SMILES string of the molecule is O=C(O)C(F)(F)F.c1ccc2nc(CCc3nc4c(N5CCOCC5)ccnn4c3-c3ccc(-c4nnn[nH]4)nc3)ccc2c1. The number of nitrogens with one attached hydrogen (secondary N) is 1. The number of fused-ring (bicyclic) bond motifs is 2. The summed E-state index contributed by atoms with van der Waals surface area (Å²) in [7, 11) is 0. The predicted octanol–water partition coefficient (Wildman–Crippen LogP) is 3.77. The van der Waals surface area contributed by atoms with Crippen LogP contribution in [0.4, 0.5) is 18.9 Å². The second kappa shape index (κ2) is 12.6. The number of hydrogen-bond acceptors (Lipinski definition) is 10. The van der Waals surface area contributed by atoms with Crippen LogP contribution in [0.15, 0.2) is 67.0 Å². The zero-order valence-corrected chi connectivity index (χ0v) is 23.5. The number of pyridine rings is 2. The number of carboxylic acids is 1. The van der Waals surface area contributed by atoms with E-state index in [-0.39, 0.29) is 0 Å². The summed E-state index contributed by atoms with van der Waals surface area (Å²) in [6, 6.07) is 18.3. The summed E-state index contributed by atoms with van der Waals surface area (Å²) in [5.74, 6) is -2.24. The Bertz CT molecular complexity index is 1920. The second-order valence-corrected chi connectivity index (χ2v) is 9.94. The molecule has 230 valence electrons. The summed E-state index contributed by atoms with van der Waals surface area (Å²) < 4.78 is 39.2. The zero-order chi connectivity index (χ0) is 31.4. The molecule has 5 aromatic heterocycles. The number of benzene rings is 1. The van der Waals surface area contributed by atoms with E-state index < -0.39 is 12.1 Å². The molecule has 7 rings (SSSR count). The Morgan fingerprint density at radius 2 is 1.80 bits per heavy atom. The van der Waals surface area contributed by atoms with E-state index >= 15 is 0 Å². The highest BCUT2D eigenvalue weighted by atomic mass is 19.4. The molecule has 1 aliphatic heterocycles. The third kappa shape index (κ3) is 6.54. The minimum atomic E-state index is -5.08. The molecule has 1 aromatic carbocycles. The first-order valence-corrected chi connectivity index (χ1v) is 13.8. The third-order valence-electron chi connectivity index (χ3n) is 7.06. The van der Waals surface area contributed by atoms with Crippen LogP contribution in [0.3, 0.4) is 0 Å². The smallest absolute Gasteiger partial charge is 0.475 e. The van der Waals surface area contributed by atoms with E-state index in [2.05, 4.69) is 48.7 Å². The first-order valence-electron chi connectivity index (χ1n) is 13.8. The van der Waals surface area contributed by atoms with Gasteiger partial charge >= 0.3 is 12.1 Å². The number of para-hydroxylation sites is 1. The predicted molar refractivity (Wildman–Crippen MR) is 155 cm³/mol. The first-order chi connectivity index (χ1) is 21.8. The van der Waals surface area contributed by atoms with Gasteiger partial charge < -0.3 is 14.7 Å². The van der Waals surface area contributed by atoms with E-state index in [4.69, 9.17) is 29.7 Å². The van der Waals surface area contributed by atoms with Gasteiger partial charge in [0.25, 0.3) is 0 Å². The Morgan fingerprint density at radius 1 is 1.00 bits per heavy atom. The van der Waals surface area contributed by atoms with E-state index in [0.717, 1.165) is 64.4 Å². The fourth-order valence-corrected chi connectivity index (χ4v) is 4.93. The number of halogens is 3. The molecule has 2 N–H and O–H groups in total. The molecule has 1 aliphatic rings. The van der Waals surface area contributed by atoms with Gasteiger partial charge in [-0.3, -0.25) is 9.97 Å². The number of alkyl halides is 3. The van der Waals surface area contributed by atoms with Gasteiger partial charge in [0.05, 0.1) is 42.0 Å². The lowest BCUT2D eigenvalue weighted by atomic mass is 10.1. The summed E-state index contributed by atoms with van der Waals surface area (Å²) in [5, 5.41) is 27.0. The molecular weight excluding hydrogens is 593 g/mol. The van der Waals surface area contributed by atoms with Gasteiger partial charge in [-0.25, -0.2) is 19.4 Å². The molecule has 0 aliphatic carbocycles. The molecule has 0 saturated carbocycles. The number of nitrogens with zero attached hydrogens (tertiary/aromatic N) is 9. The van der Waals surface area contributed by atoms with E-state index in [1.807, 2.05) is 53.3 Å². The summed E-state index contributed by atoms with van der Waals surface area (Å²) >= 11 is 0. The van der Waals surface area contributed by atoms with Gasteiger partial charge in [0.1, 0.15) is 5.69 Å². The fourth-order valence-electron chi connectivity index (χ4n) is 4.93. The standard InChI is InChI=1S/C27H24N10O.C2HF3O2/c1-2-4-21-18(3-1)5-7-20(30-21)8-10-22-25(19-6-9-23(28-17-19)26-32-34-35-33-26)37-27(31-22)24(11-12-29-37)36-13-15-38-16-14-36;3-2(4,5)1(6)7/h1-7,9,11-12,17H,8,10,13-16H2,(H,32,33,34,35);(H,6,7). The molecule has 1 saturated heterocycles. The number of carboxylic acid groups (broad SMARTS) is 1. The van der Waals surface area contributed by atoms with Crippen LogP contribution in [0.5, 0.6) is 0 Å². The van der Waals surface area contributed by atoms with Crippen molar-refractivity contribution >= 4 is 28.2 Å². The number of imidazole rings is 1. The van der Waals surface area contributed by atoms with E-state index in [0.29, 0.717) is 31.2 Å². The lowest BCUT2D eigenvalue weighted by molar-refractivity contribution is -0.192. The highest BCUT2D eigenvalue weighted by Crippen LogP contribution is 2.31. The van der Waals surface area contributed by atoms with E-state index in [1.54, 1.807) is 0 Å². The number of hydrogen-bond donors (Lipinski definition) is 2. The average Bonchev–Trinajstić information content (AvgIpc) is 3.73. The van der Waals surface area contributed by atoms with Gasteiger partial charge in [0.15, 0.2) is 11.5 Å². The van der Waals surface area contributed by atoms with Crippen LogP contribution in [-0.2, 0) is 22.4 Å². The molecule has 16 heteroatoms. The molecule has 0 bridgehead atoms. The Labute approximate surface area is 252 Å². The van der Waals surface area contributed by atoms with Gasteiger partial charge in [-0.2, -0.15) is 18.3 Å².